The van der Waals surface area contributed by atoms with Gasteiger partial charge in [0.2, 0.25) is 0 Å². The van der Waals surface area contributed by atoms with Crippen molar-refractivity contribution in [1.82, 2.24) is 0 Å². The summed E-state index contributed by atoms with van der Waals surface area (Å²) in [7, 11) is -6.15. The van der Waals surface area contributed by atoms with Crippen molar-refractivity contribution in [3.05, 3.63) is 92.5 Å². The number of ether oxygens (including phenoxy) is 4. The van der Waals surface area contributed by atoms with Gasteiger partial charge in [-0.25, -0.2) is 9.98 Å². The predicted octanol–water partition coefficient (Wildman–Crippen LogP) is 9.25. The Hall–Kier alpha value is -0.583. The maximum Gasteiger partial charge on any atom is 0.347 e. The van der Waals surface area contributed by atoms with E-state index in [1.807, 2.05) is 24.8 Å². The molecule has 0 aliphatic carbocycles. The molecule has 6 heterocycles. The Morgan fingerprint density at radius 1 is 0.425 bits per heavy atom. The van der Waals surface area contributed by atoms with E-state index in [4.69, 9.17) is 28.9 Å². The molecule has 80 heavy (non-hydrogen) atoms. The molecule has 0 bridgehead atoms. The van der Waals surface area contributed by atoms with Gasteiger partial charge in [0, 0.05) is 63.7 Å². The van der Waals surface area contributed by atoms with E-state index in [-0.39, 0.29) is 97.1 Å². The Labute approximate surface area is 544 Å². The first-order valence-electron chi connectivity index (χ1n) is 28.7. The summed E-state index contributed by atoms with van der Waals surface area (Å²) in [6.07, 6.45) is 26.4. The van der Waals surface area contributed by atoms with E-state index in [0.717, 1.165) is 87.1 Å². The Morgan fingerprint density at radius 3 is 0.825 bits per heavy atom. The zero-order chi connectivity index (χ0) is 58.1. The summed E-state index contributed by atoms with van der Waals surface area (Å²) < 4.78 is 27.4. The summed E-state index contributed by atoms with van der Waals surface area (Å²) in [5.41, 5.74) is 8.63. The third-order valence-electron chi connectivity index (χ3n) is 11.1. The standard InChI is InChI=1S/2C22H40N4Si2.4C4H8O.4Li/c2*1-21(2,3)19(25-27(7,8)9)15-17-18(24-14-13-23-17)16-20(22(4,5)6)26-28(10,11)12;4*1-2-4-5-3-1;;;;/h2*13-16H,1-12H3;4*1-4H2;;;;/q2*-2;;;;;4*-1/p+4/b2*17-15-,20-16-,25-19-;;;;;;;;. The zero-order valence-corrected chi connectivity index (χ0v) is 61.4. The van der Waals surface area contributed by atoms with Crippen molar-refractivity contribution in [2.75, 3.05) is 52.9 Å². The second kappa shape index (κ2) is 40.7. The fraction of sp³-hybridized carbons (Fsp3) is 0.733. The van der Waals surface area contributed by atoms with Crippen LogP contribution >= 0.6 is 0 Å². The topological polar surface area (TPSA) is 149 Å². The summed E-state index contributed by atoms with van der Waals surface area (Å²) in [4.78, 5) is 17.1. The summed E-state index contributed by atoms with van der Waals surface area (Å²) in [5, 5.41) is 9.37. The molecule has 0 aromatic carbocycles. The molecule has 6 aliphatic rings. The molecule has 0 spiro atoms. The van der Waals surface area contributed by atoms with Crippen molar-refractivity contribution < 1.29 is 38.2 Å². The quantitative estimate of drug-likeness (QED) is 0.128. The third kappa shape index (κ3) is 44.0. The van der Waals surface area contributed by atoms with Crippen molar-refractivity contribution in [1.29, 1.82) is 0 Å². The van der Waals surface area contributed by atoms with Gasteiger partial charge < -0.3 is 124 Å². The van der Waals surface area contributed by atoms with Gasteiger partial charge >= 0.3 is 16.5 Å². The van der Waals surface area contributed by atoms with E-state index in [1.54, 1.807) is 0 Å². The fourth-order valence-electron chi connectivity index (χ4n) is 7.07. The molecular weight excluding hydrogens is 1040 g/mol. The number of rotatable bonds is 10. The summed E-state index contributed by atoms with van der Waals surface area (Å²) >= 11 is 0. The summed E-state index contributed by atoms with van der Waals surface area (Å²) in [5.74, 6) is 0. The van der Waals surface area contributed by atoms with Gasteiger partial charge in [0.1, 0.15) is 12.4 Å². The maximum atomic E-state index is 5.13. The fourth-order valence-corrected chi connectivity index (χ4v) is 11.8. The zero-order valence-electron chi connectivity index (χ0n) is 57.4. The second-order valence-electron chi connectivity index (χ2n) is 28.5. The molecule has 0 unspecified atom stereocenters. The molecule has 4 fully saturated rings. The molecule has 0 aromatic rings. The first-order chi connectivity index (χ1) is 34.8. The van der Waals surface area contributed by atoms with Crippen LogP contribution < -0.4 is 19.3 Å². The second-order valence-corrected chi connectivity index (χ2v) is 47.2. The summed E-state index contributed by atoms with van der Waals surface area (Å²) in [6.45, 7) is 62.4. The summed E-state index contributed by atoms with van der Waals surface area (Å²) in [6, 6.07) is 0. The first kappa shape index (κ1) is 85.9. The molecule has 0 amide bonds. The van der Waals surface area contributed by atoms with Crippen LogP contribution in [0.1, 0.15) is 134 Å². The van der Waals surface area contributed by atoms with Gasteiger partial charge in [0.05, 0.1) is 0 Å². The molecule has 0 saturated carbocycles. The molecule has 0 aromatic heterocycles. The predicted molar refractivity (Wildman–Crippen MR) is 362 cm³/mol. The van der Waals surface area contributed by atoms with Crippen molar-refractivity contribution in [3.63, 3.8) is 0 Å². The SMILES string of the molecule is C1CCOC1.C1CCOC1.C1CCOC1.C1CCOC1.CC(C)(C)/C(=C/C1=[NH+]C=C[N-]/C1=C\C(=[NH+]\[Si](C)(C)C)C(C)(C)C)[N-][Si](C)(C)C.CC(C)(C)/C(=C/C1=[NH+]C=C[N-]/C1=C\C(=[NH+]\[Si](C)(C)C)C(C)(C)C)[N-][Si](C)(C)C.[Li-].[Li-].[Li-].[Li-]. The molecule has 20 heteroatoms. The molecule has 8 radical (unpaired) electrons. The van der Waals surface area contributed by atoms with Gasteiger partial charge in [0.25, 0.3) is 0 Å². The van der Waals surface area contributed by atoms with Crippen LogP contribution in [0, 0.1) is 21.7 Å². The first-order valence-corrected chi connectivity index (χ1v) is 42.6. The minimum Gasteiger partial charge on any atom is -1.00 e. The van der Waals surface area contributed by atoms with Crippen LogP contribution in [-0.2, 0) is 18.9 Å². The largest absolute Gasteiger partial charge is 1.00 e. The average Bonchev–Trinajstić information content (AvgIpc) is 4.12. The normalized spacial score (nSPS) is 19.2. The van der Waals surface area contributed by atoms with E-state index in [0.29, 0.717) is 0 Å². The van der Waals surface area contributed by atoms with Crippen LogP contribution in [0.4, 0.5) is 0 Å². The minimum atomic E-state index is -1.59. The van der Waals surface area contributed by atoms with Crippen LogP contribution in [0.25, 0.3) is 20.6 Å². The van der Waals surface area contributed by atoms with E-state index in [2.05, 4.69) is 216 Å². The van der Waals surface area contributed by atoms with E-state index >= 15 is 0 Å². The van der Waals surface area contributed by atoms with E-state index in [9.17, 15) is 0 Å². The minimum absolute atomic E-state index is 0. The number of nitrogens with one attached hydrogen (secondary N) is 4. The maximum absolute atomic E-state index is 5.13. The van der Waals surface area contributed by atoms with Crippen LogP contribution in [-0.4, -0.2) is 184 Å². The third-order valence-corrected chi connectivity index (χ3v) is 15.0. The average molecular weight is 1150 g/mol. The number of nitrogens with zero attached hydrogens (tertiary/aromatic N) is 4. The van der Waals surface area contributed by atoms with Crippen LogP contribution in [0.15, 0.2) is 71.9 Å². The number of allylic oxidation sites excluding steroid dienone is 6. The molecule has 4 saturated heterocycles. The van der Waals surface area contributed by atoms with Gasteiger partial charge in [0.15, 0.2) is 22.8 Å². The molecular formula is C60H116Li4N8O4Si4-4. The smallest absolute Gasteiger partial charge is 0.347 e. The van der Waals surface area contributed by atoms with E-state index in [1.165, 1.54) is 62.8 Å². The van der Waals surface area contributed by atoms with Gasteiger partial charge in [-0.15, -0.1) is 12.4 Å². The van der Waals surface area contributed by atoms with Crippen molar-refractivity contribution in [3.8, 4) is 0 Å². The van der Waals surface area contributed by atoms with Gasteiger partial charge in [-0.1, -0.05) is 134 Å². The molecule has 0 atom stereocenters. The van der Waals surface area contributed by atoms with Crippen LogP contribution in [0.2, 0.25) is 78.6 Å². The van der Waals surface area contributed by atoms with Crippen molar-refractivity contribution >= 4 is 131 Å². The van der Waals surface area contributed by atoms with Crippen LogP contribution in [0.3, 0.4) is 0 Å². The number of hydrogen-bond donors (Lipinski definition) is 4. The monoisotopic (exact) mass is 1150 g/mol. The van der Waals surface area contributed by atoms with Gasteiger partial charge in [-0.2, -0.15) is 11.4 Å². The molecule has 6 aliphatic heterocycles. The van der Waals surface area contributed by atoms with Gasteiger partial charge in [-0.05, 0) is 142 Å². The number of hydrogen-bond acceptors (Lipinski definition) is 4. The van der Waals surface area contributed by atoms with Crippen molar-refractivity contribution in [2.45, 2.75) is 213 Å². The van der Waals surface area contributed by atoms with E-state index < -0.39 is 32.9 Å². The Bertz CT molecular complexity index is 1860. The Morgan fingerprint density at radius 2 is 0.662 bits per heavy atom. The Balaban J connectivity index is -0.000000511. The van der Waals surface area contributed by atoms with Crippen molar-refractivity contribution in [2.24, 2.45) is 21.7 Å². The van der Waals surface area contributed by atoms with Crippen LogP contribution in [0.5, 0.6) is 0 Å². The molecule has 4 N–H and O–H groups in total. The molecule has 6 rings (SSSR count). The van der Waals surface area contributed by atoms with Gasteiger partial charge in [-0.3, -0.25) is 0 Å². The molecule has 444 valence electrons. The Kier molecular flexibility index (Phi) is 43.7. The molecule has 12 nitrogen and oxygen atoms in total.